The Balaban J connectivity index is 2.95. The van der Waals surface area contributed by atoms with E-state index in [4.69, 9.17) is 4.74 Å². The first-order valence-corrected chi connectivity index (χ1v) is 6.32. The van der Waals surface area contributed by atoms with Crippen LogP contribution in [0.15, 0.2) is 15.1 Å². The average Bonchev–Trinajstić information content (AvgIpc) is 2.22. The molecule has 0 aromatic carbocycles. The smallest absolute Gasteiger partial charge is 0.311 e. The second kappa shape index (κ2) is 6.39. The number of pyridine rings is 1. The third-order valence-corrected chi connectivity index (χ3v) is 3.20. The van der Waals surface area contributed by atoms with Crippen molar-refractivity contribution in [1.82, 2.24) is 4.98 Å². The fourth-order valence-electron chi connectivity index (χ4n) is 1.14. The van der Waals surface area contributed by atoms with Crippen LogP contribution in [0.1, 0.15) is 24.6 Å². The van der Waals surface area contributed by atoms with Gasteiger partial charge in [0.25, 0.3) is 6.43 Å². The van der Waals surface area contributed by atoms with Gasteiger partial charge < -0.3 is 4.74 Å². The summed E-state index contributed by atoms with van der Waals surface area (Å²) in [5.41, 5.74) is 0.143. The van der Waals surface area contributed by atoms with Crippen molar-refractivity contribution in [3.05, 3.63) is 26.4 Å². The lowest BCUT2D eigenvalue weighted by Gasteiger charge is -2.08. The molecule has 1 heterocycles. The van der Waals surface area contributed by atoms with Crippen LogP contribution in [0.25, 0.3) is 0 Å². The van der Waals surface area contributed by atoms with E-state index in [-0.39, 0.29) is 23.2 Å². The third-order valence-electron chi connectivity index (χ3n) is 1.88. The van der Waals surface area contributed by atoms with E-state index in [1.165, 1.54) is 6.07 Å². The van der Waals surface area contributed by atoms with Gasteiger partial charge >= 0.3 is 5.97 Å². The molecule has 0 aliphatic heterocycles. The molecule has 94 valence electrons. The van der Waals surface area contributed by atoms with Gasteiger partial charge in [0.15, 0.2) is 0 Å². The lowest BCUT2D eigenvalue weighted by molar-refractivity contribution is -0.142. The normalized spacial score (nSPS) is 10.7. The van der Waals surface area contributed by atoms with Crippen LogP contribution in [0, 0.1) is 0 Å². The van der Waals surface area contributed by atoms with Crippen molar-refractivity contribution in [2.75, 3.05) is 6.61 Å². The Hall–Kier alpha value is -0.560. The minimum atomic E-state index is -2.62. The molecule has 0 N–H and O–H groups in total. The van der Waals surface area contributed by atoms with Crippen molar-refractivity contribution in [2.45, 2.75) is 19.8 Å². The highest BCUT2D eigenvalue weighted by molar-refractivity contribution is 9.11. The summed E-state index contributed by atoms with van der Waals surface area (Å²) >= 11 is 6.05. The quantitative estimate of drug-likeness (QED) is 0.598. The number of alkyl halides is 2. The van der Waals surface area contributed by atoms with Gasteiger partial charge in [0, 0.05) is 4.47 Å². The molecular formula is C10H9Br2F2NO2. The van der Waals surface area contributed by atoms with Crippen molar-refractivity contribution in [1.29, 1.82) is 0 Å². The van der Waals surface area contributed by atoms with Crippen molar-refractivity contribution < 1.29 is 18.3 Å². The van der Waals surface area contributed by atoms with E-state index in [1.807, 2.05) is 0 Å². The van der Waals surface area contributed by atoms with Crippen LogP contribution in [0.3, 0.4) is 0 Å². The molecular weight excluding hydrogens is 364 g/mol. The van der Waals surface area contributed by atoms with E-state index in [0.29, 0.717) is 10.2 Å². The van der Waals surface area contributed by atoms with E-state index in [9.17, 15) is 13.6 Å². The van der Waals surface area contributed by atoms with E-state index in [2.05, 4.69) is 36.8 Å². The maximum atomic E-state index is 12.5. The van der Waals surface area contributed by atoms with E-state index >= 15 is 0 Å². The van der Waals surface area contributed by atoms with Crippen molar-refractivity contribution in [2.24, 2.45) is 0 Å². The summed E-state index contributed by atoms with van der Waals surface area (Å²) < 4.78 is 30.2. The third kappa shape index (κ3) is 3.99. The molecule has 1 rings (SSSR count). The van der Waals surface area contributed by atoms with E-state index < -0.39 is 12.4 Å². The Morgan fingerprint density at radius 3 is 2.71 bits per heavy atom. The van der Waals surface area contributed by atoms with Crippen molar-refractivity contribution in [3.63, 3.8) is 0 Å². The maximum Gasteiger partial charge on any atom is 0.311 e. The zero-order valence-corrected chi connectivity index (χ0v) is 12.0. The molecule has 0 saturated carbocycles. The summed E-state index contributed by atoms with van der Waals surface area (Å²) in [7, 11) is 0. The van der Waals surface area contributed by atoms with Crippen LogP contribution in [0.4, 0.5) is 8.78 Å². The molecule has 0 atom stereocenters. The summed E-state index contributed by atoms with van der Waals surface area (Å²) in [4.78, 5) is 15.2. The van der Waals surface area contributed by atoms with Crippen molar-refractivity contribution >= 4 is 37.8 Å². The Morgan fingerprint density at radius 2 is 2.18 bits per heavy atom. The number of hydrogen-bond donors (Lipinski definition) is 0. The van der Waals surface area contributed by atoms with Crippen LogP contribution in [0.2, 0.25) is 0 Å². The molecule has 0 fully saturated rings. The molecule has 7 heteroatoms. The molecule has 0 aliphatic carbocycles. The predicted octanol–water partition coefficient (Wildman–Crippen LogP) is 3.65. The first-order chi connectivity index (χ1) is 7.95. The molecule has 0 saturated heterocycles. The molecule has 0 radical (unpaired) electrons. The summed E-state index contributed by atoms with van der Waals surface area (Å²) in [6.45, 7) is 1.96. The second-order valence-corrected chi connectivity index (χ2v) is 4.68. The van der Waals surface area contributed by atoms with Gasteiger partial charge in [0.1, 0.15) is 4.60 Å². The molecule has 3 nitrogen and oxygen atoms in total. The Morgan fingerprint density at radius 1 is 1.53 bits per heavy atom. The van der Waals surface area contributed by atoms with Crippen LogP contribution in [0.5, 0.6) is 0 Å². The highest BCUT2D eigenvalue weighted by Crippen LogP contribution is 2.30. The van der Waals surface area contributed by atoms with Gasteiger partial charge in [-0.2, -0.15) is 0 Å². The maximum absolute atomic E-state index is 12.5. The van der Waals surface area contributed by atoms with Gasteiger partial charge in [-0.05, 0) is 44.8 Å². The summed E-state index contributed by atoms with van der Waals surface area (Å²) in [5.74, 6) is -0.447. The van der Waals surface area contributed by atoms with Crippen molar-refractivity contribution in [3.8, 4) is 0 Å². The summed E-state index contributed by atoms with van der Waals surface area (Å²) in [6.07, 6.45) is -2.68. The minimum absolute atomic E-state index is 0.0370. The lowest BCUT2D eigenvalue weighted by Crippen LogP contribution is -2.10. The number of nitrogens with zero attached hydrogens (tertiary/aromatic N) is 1. The monoisotopic (exact) mass is 371 g/mol. The number of aromatic nitrogens is 1. The molecule has 0 spiro atoms. The average molecular weight is 373 g/mol. The number of ether oxygens (including phenoxy) is 1. The second-order valence-electron chi connectivity index (χ2n) is 3.08. The fraction of sp³-hybridized carbons (Fsp3) is 0.400. The molecule has 1 aromatic rings. The van der Waals surface area contributed by atoms with Crippen LogP contribution >= 0.6 is 31.9 Å². The number of halogens is 4. The molecule has 0 unspecified atom stereocenters. The molecule has 1 aromatic heterocycles. The highest BCUT2D eigenvalue weighted by Gasteiger charge is 2.17. The fourth-order valence-corrected chi connectivity index (χ4v) is 2.12. The standard InChI is InChI=1S/C10H9Br2F2NO2/c1-2-17-8(16)4-7-6(11)3-5(10(13)14)9(12)15-7/h3,10H,2,4H2,1H3. The van der Waals surface area contributed by atoms with Gasteiger partial charge in [-0.3, -0.25) is 4.79 Å². The lowest BCUT2D eigenvalue weighted by atomic mass is 10.2. The highest BCUT2D eigenvalue weighted by atomic mass is 79.9. The van der Waals surface area contributed by atoms with Gasteiger partial charge in [0.05, 0.1) is 24.3 Å². The Bertz CT molecular complexity index is 427. The van der Waals surface area contributed by atoms with Gasteiger partial charge in [-0.1, -0.05) is 0 Å². The number of esters is 1. The number of rotatable bonds is 4. The van der Waals surface area contributed by atoms with Gasteiger partial charge in [0.2, 0.25) is 0 Å². The topological polar surface area (TPSA) is 39.2 Å². The Kier molecular flexibility index (Phi) is 5.45. The van der Waals surface area contributed by atoms with Gasteiger partial charge in [-0.15, -0.1) is 0 Å². The SMILES string of the molecule is CCOC(=O)Cc1nc(Br)c(C(F)F)cc1Br. The number of hydrogen-bond acceptors (Lipinski definition) is 3. The van der Waals surface area contributed by atoms with E-state index in [1.54, 1.807) is 6.92 Å². The number of carbonyl (C=O) groups is 1. The Labute approximate surface area is 114 Å². The minimum Gasteiger partial charge on any atom is -0.466 e. The summed E-state index contributed by atoms with van der Waals surface area (Å²) in [6, 6.07) is 1.25. The van der Waals surface area contributed by atoms with Gasteiger partial charge in [-0.25, -0.2) is 13.8 Å². The summed E-state index contributed by atoms with van der Waals surface area (Å²) in [5, 5.41) is 0. The molecule has 17 heavy (non-hydrogen) atoms. The zero-order valence-electron chi connectivity index (χ0n) is 8.84. The number of carbonyl (C=O) groups excluding carboxylic acids is 1. The molecule has 0 aliphatic rings. The molecule has 0 bridgehead atoms. The van der Waals surface area contributed by atoms with Crippen LogP contribution in [-0.2, 0) is 16.0 Å². The largest absolute Gasteiger partial charge is 0.466 e. The zero-order chi connectivity index (χ0) is 13.0. The molecule has 0 amide bonds. The van der Waals surface area contributed by atoms with Crippen LogP contribution in [-0.4, -0.2) is 17.6 Å². The van der Waals surface area contributed by atoms with Crippen LogP contribution < -0.4 is 0 Å². The first kappa shape index (κ1) is 14.5. The predicted molar refractivity (Wildman–Crippen MR) is 64.9 cm³/mol. The van der Waals surface area contributed by atoms with E-state index in [0.717, 1.165) is 0 Å². The first-order valence-electron chi connectivity index (χ1n) is 4.74.